The Morgan fingerprint density at radius 3 is 1.59 bits per heavy atom. The number of benzene rings is 11. The van der Waals surface area contributed by atoms with Crippen molar-refractivity contribution in [1.82, 2.24) is 4.57 Å². The first-order chi connectivity index (χ1) is 34.0. The van der Waals surface area contributed by atoms with Gasteiger partial charge in [-0.2, -0.15) is 0 Å². The average molecular weight is 881 g/mol. The van der Waals surface area contributed by atoms with Gasteiger partial charge in [0.2, 0.25) is 0 Å². The topological polar surface area (TPSA) is 8.17 Å². The average Bonchev–Trinajstić information content (AvgIpc) is 3.88. The summed E-state index contributed by atoms with van der Waals surface area (Å²) in [4.78, 5) is 2.41. The second kappa shape index (κ2) is 16.3. The Hall–Kier alpha value is -8.72. The van der Waals surface area contributed by atoms with Crippen LogP contribution in [-0.4, -0.2) is 4.57 Å². The molecule has 1 aliphatic rings. The lowest BCUT2D eigenvalue weighted by molar-refractivity contribution is 0.660. The molecule has 0 unspecified atom stereocenters. The summed E-state index contributed by atoms with van der Waals surface area (Å²) in [6, 6.07) is 93.6. The summed E-state index contributed by atoms with van der Waals surface area (Å²) in [6.45, 7) is 4.72. The summed E-state index contributed by atoms with van der Waals surface area (Å²) in [5.74, 6) is 0. The predicted octanol–water partition coefficient (Wildman–Crippen LogP) is 18.4. The molecule has 69 heavy (non-hydrogen) atoms. The van der Waals surface area contributed by atoms with E-state index in [4.69, 9.17) is 0 Å². The molecule has 0 saturated heterocycles. The molecule has 0 N–H and O–H groups in total. The minimum Gasteiger partial charge on any atom is -0.310 e. The summed E-state index contributed by atoms with van der Waals surface area (Å²) in [5.41, 5.74) is 20.5. The van der Waals surface area contributed by atoms with Crippen LogP contribution < -0.4 is 4.90 Å². The molecule has 0 spiro atoms. The molecule has 1 heterocycles. The first-order valence-electron chi connectivity index (χ1n) is 24.0. The van der Waals surface area contributed by atoms with Crippen LogP contribution in [-0.2, 0) is 5.41 Å². The molecule has 0 saturated carbocycles. The standard InChI is InChI=1S/C67H48N2/c1-67(2)61-30-15-14-27-57(61)58-41-40-53(44-62(58)67)68(51-36-32-46(33-37-51)45-18-6-3-7-19-45)52-38-34-48(35-39-52)54-28-17-29-59-56(54)42-43-60-64(49-21-8-4-9-22-49)65(50-23-10-5-11-24-50)69(66(59)60)63-31-16-25-47-20-12-13-26-55(47)63/h3-44H,1-2H3. The van der Waals surface area contributed by atoms with Gasteiger partial charge < -0.3 is 9.47 Å². The second-order valence-electron chi connectivity index (χ2n) is 18.8. The van der Waals surface area contributed by atoms with Crippen LogP contribution in [0.3, 0.4) is 0 Å². The first-order valence-corrected chi connectivity index (χ1v) is 24.0. The highest BCUT2D eigenvalue weighted by Gasteiger charge is 2.36. The van der Waals surface area contributed by atoms with E-state index in [1.165, 1.54) is 99.3 Å². The maximum atomic E-state index is 2.54. The number of fused-ring (bicyclic) bond motifs is 7. The van der Waals surface area contributed by atoms with Crippen LogP contribution in [0.25, 0.3) is 93.9 Å². The minimum absolute atomic E-state index is 0.119. The van der Waals surface area contributed by atoms with E-state index in [2.05, 4.69) is 278 Å². The van der Waals surface area contributed by atoms with Gasteiger partial charge in [0.05, 0.1) is 16.9 Å². The fourth-order valence-electron chi connectivity index (χ4n) is 11.3. The molecular weight excluding hydrogens is 833 g/mol. The Morgan fingerprint density at radius 2 is 0.855 bits per heavy atom. The molecule has 0 atom stereocenters. The molecule has 13 rings (SSSR count). The molecule has 0 amide bonds. The van der Waals surface area contributed by atoms with Crippen LogP contribution >= 0.6 is 0 Å². The zero-order chi connectivity index (χ0) is 46.1. The van der Waals surface area contributed by atoms with Crippen LogP contribution in [0.1, 0.15) is 25.0 Å². The molecule has 0 radical (unpaired) electrons. The first kappa shape index (κ1) is 40.5. The van der Waals surface area contributed by atoms with Gasteiger partial charge in [0.15, 0.2) is 0 Å². The van der Waals surface area contributed by atoms with Crippen molar-refractivity contribution in [2.45, 2.75) is 19.3 Å². The Morgan fingerprint density at radius 1 is 0.333 bits per heavy atom. The quantitative estimate of drug-likeness (QED) is 0.148. The van der Waals surface area contributed by atoms with Crippen molar-refractivity contribution in [3.63, 3.8) is 0 Å². The van der Waals surface area contributed by atoms with Crippen molar-refractivity contribution in [1.29, 1.82) is 0 Å². The zero-order valence-corrected chi connectivity index (χ0v) is 38.6. The van der Waals surface area contributed by atoms with Gasteiger partial charge in [-0.3, -0.25) is 0 Å². The lowest BCUT2D eigenvalue weighted by Crippen LogP contribution is -2.16. The Balaban J connectivity index is 0.988. The number of rotatable bonds is 8. The van der Waals surface area contributed by atoms with Crippen molar-refractivity contribution < 1.29 is 0 Å². The third-order valence-corrected chi connectivity index (χ3v) is 14.6. The molecule has 2 heteroatoms. The van der Waals surface area contributed by atoms with E-state index in [1.54, 1.807) is 0 Å². The Kier molecular flexibility index (Phi) is 9.55. The fraction of sp³-hybridized carbons (Fsp3) is 0.0448. The van der Waals surface area contributed by atoms with Gasteiger partial charge in [-0.1, -0.05) is 226 Å². The summed E-state index contributed by atoms with van der Waals surface area (Å²) < 4.78 is 2.54. The van der Waals surface area contributed by atoms with E-state index in [0.717, 1.165) is 22.7 Å². The normalized spacial score (nSPS) is 12.6. The lowest BCUT2D eigenvalue weighted by Gasteiger charge is -2.28. The van der Waals surface area contributed by atoms with Crippen LogP contribution in [0.5, 0.6) is 0 Å². The van der Waals surface area contributed by atoms with Gasteiger partial charge in [0.1, 0.15) is 0 Å². The second-order valence-corrected chi connectivity index (χ2v) is 18.8. The molecule has 2 nitrogen and oxygen atoms in total. The summed E-state index contributed by atoms with van der Waals surface area (Å²) in [7, 11) is 0. The van der Waals surface area contributed by atoms with E-state index >= 15 is 0 Å². The number of hydrogen-bond donors (Lipinski definition) is 0. The molecular formula is C67H48N2. The van der Waals surface area contributed by atoms with E-state index in [0.29, 0.717) is 0 Å². The maximum absolute atomic E-state index is 2.54. The number of hydrogen-bond acceptors (Lipinski definition) is 1. The number of aromatic nitrogens is 1. The van der Waals surface area contributed by atoms with Crippen LogP contribution in [0.15, 0.2) is 255 Å². The molecule has 1 aromatic heterocycles. The van der Waals surface area contributed by atoms with E-state index < -0.39 is 0 Å². The van der Waals surface area contributed by atoms with E-state index in [1.807, 2.05) is 0 Å². The molecule has 0 bridgehead atoms. The van der Waals surface area contributed by atoms with Crippen LogP contribution in [0.2, 0.25) is 0 Å². The monoisotopic (exact) mass is 880 g/mol. The van der Waals surface area contributed by atoms with Gasteiger partial charge in [0, 0.05) is 44.2 Å². The van der Waals surface area contributed by atoms with Gasteiger partial charge in [-0.25, -0.2) is 0 Å². The molecule has 0 fully saturated rings. The number of nitrogens with zero attached hydrogens (tertiary/aromatic N) is 2. The molecule has 1 aliphatic carbocycles. The highest BCUT2D eigenvalue weighted by Crippen LogP contribution is 2.51. The van der Waals surface area contributed by atoms with Crippen molar-refractivity contribution in [2.75, 3.05) is 4.90 Å². The fourth-order valence-corrected chi connectivity index (χ4v) is 11.3. The predicted molar refractivity (Wildman–Crippen MR) is 292 cm³/mol. The lowest BCUT2D eigenvalue weighted by atomic mass is 9.82. The van der Waals surface area contributed by atoms with Gasteiger partial charge in [0.25, 0.3) is 0 Å². The van der Waals surface area contributed by atoms with Gasteiger partial charge >= 0.3 is 0 Å². The molecule has 326 valence electrons. The van der Waals surface area contributed by atoms with Gasteiger partial charge in [-0.05, 0) is 109 Å². The van der Waals surface area contributed by atoms with Crippen molar-refractivity contribution >= 4 is 49.5 Å². The summed E-state index contributed by atoms with van der Waals surface area (Å²) in [6.07, 6.45) is 0. The van der Waals surface area contributed by atoms with E-state index in [9.17, 15) is 0 Å². The highest BCUT2D eigenvalue weighted by atomic mass is 15.1. The van der Waals surface area contributed by atoms with Crippen molar-refractivity contribution in [2.24, 2.45) is 0 Å². The third-order valence-electron chi connectivity index (χ3n) is 14.6. The largest absolute Gasteiger partial charge is 0.310 e. The van der Waals surface area contributed by atoms with Crippen LogP contribution in [0, 0.1) is 0 Å². The van der Waals surface area contributed by atoms with Crippen molar-refractivity contribution in [3.05, 3.63) is 266 Å². The zero-order valence-electron chi connectivity index (χ0n) is 38.6. The van der Waals surface area contributed by atoms with E-state index in [-0.39, 0.29) is 5.41 Å². The third kappa shape index (κ3) is 6.63. The summed E-state index contributed by atoms with van der Waals surface area (Å²) >= 11 is 0. The highest BCUT2D eigenvalue weighted by molar-refractivity contribution is 6.19. The molecule has 0 aliphatic heterocycles. The Labute approximate surface area is 403 Å². The molecule has 11 aromatic carbocycles. The smallest absolute Gasteiger partial charge is 0.0620 e. The summed E-state index contributed by atoms with van der Waals surface area (Å²) in [5, 5.41) is 6.08. The minimum atomic E-state index is -0.119. The Bertz CT molecular complexity index is 3880. The SMILES string of the molecule is CC1(C)c2ccccc2-c2ccc(N(c3ccc(-c4ccccc4)cc3)c3ccc(-c4cccc5c4ccc4c(-c6ccccc6)c(-c6ccccc6)n(-c6cccc7ccccc67)c45)cc3)cc21. The number of anilines is 3. The van der Waals surface area contributed by atoms with Gasteiger partial charge in [-0.15, -0.1) is 0 Å². The maximum Gasteiger partial charge on any atom is 0.0620 e. The molecule has 12 aromatic rings. The van der Waals surface area contributed by atoms with Crippen LogP contribution in [0.4, 0.5) is 17.1 Å². The van der Waals surface area contributed by atoms with Crippen molar-refractivity contribution in [3.8, 4) is 61.5 Å².